The van der Waals surface area contributed by atoms with Gasteiger partial charge >= 0.3 is 5.97 Å². The average molecular weight is 461 g/mol. The van der Waals surface area contributed by atoms with Gasteiger partial charge < -0.3 is 15.2 Å². The maximum atomic E-state index is 12.4. The predicted octanol–water partition coefficient (Wildman–Crippen LogP) is 4.71. The van der Waals surface area contributed by atoms with Gasteiger partial charge in [-0.25, -0.2) is 4.79 Å². The third kappa shape index (κ3) is 5.13. The fourth-order valence-corrected chi connectivity index (χ4v) is 2.65. The molecular weight excluding hydrogens is 445 g/mol. The molecule has 2 aromatic rings. The van der Waals surface area contributed by atoms with E-state index in [-0.39, 0.29) is 27.5 Å². The molecule has 138 valence electrons. The van der Waals surface area contributed by atoms with Gasteiger partial charge in [-0.05, 0) is 25.1 Å². The second-order valence-electron chi connectivity index (χ2n) is 5.50. The summed E-state index contributed by atoms with van der Waals surface area (Å²) >= 11 is 15.4. The first-order valence-electron chi connectivity index (χ1n) is 7.63. The Balaban J connectivity index is 2.41. The summed E-state index contributed by atoms with van der Waals surface area (Å²) in [6.07, 6.45) is -0.245. The van der Waals surface area contributed by atoms with Crippen molar-refractivity contribution in [1.82, 2.24) is 5.32 Å². The van der Waals surface area contributed by atoms with E-state index in [1.165, 1.54) is 12.1 Å². The van der Waals surface area contributed by atoms with E-state index >= 15 is 0 Å². The Morgan fingerprint density at radius 2 is 1.81 bits per heavy atom. The molecule has 0 aliphatic heterocycles. The Hall–Kier alpha value is -1.76. The summed E-state index contributed by atoms with van der Waals surface area (Å²) in [5.41, 5.74) is 0.555. The molecule has 0 heterocycles. The Morgan fingerprint density at radius 3 is 2.38 bits per heavy atom. The molecule has 0 aliphatic rings. The number of carbonyl (C=O) groups is 2. The SMILES string of the molecule is C[C@H](CBr)Oc1cc(Cl)c(Cl)cc1C(NC(=O)c1ccccc1)C(=O)O. The van der Waals surface area contributed by atoms with Crippen LogP contribution in [0.3, 0.4) is 0 Å². The normalized spacial score (nSPS) is 12.9. The Labute approximate surface area is 169 Å². The molecule has 2 atom stereocenters. The van der Waals surface area contributed by atoms with Gasteiger partial charge in [0, 0.05) is 22.5 Å². The minimum atomic E-state index is -1.35. The van der Waals surface area contributed by atoms with Crippen LogP contribution in [-0.2, 0) is 4.79 Å². The zero-order valence-corrected chi connectivity index (χ0v) is 16.8. The molecular formula is C18H16BrCl2NO4. The van der Waals surface area contributed by atoms with Crippen LogP contribution in [-0.4, -0.2) is 28.4 Å². The van der Waals surface area contributed by atoms with Gasteiger partial charge in [-0.15, -0.1) is 0 Å². The number of benzene rings is 2. The lowest BCUT2D eigenvalue weighted by molar-refractivity contribution is -0.139. The van der Waals surface area contributed by atoms with Crippen molar-refractivity contribution in [3.8, 4) is 5.75 Å². The van der Waals surface area contributed by atoms with Crippen molar-refractivity contribution < 1.29 is 19.4 Å². The van der Waals surface area contributed by atoms with Gasteiger partial charge in [-0.2, -0.15) is 0 Å². The van der Waals surface area contributed by atoms with Crippen LogP contribution in [0.4, 0.5) is 0 Å². The summed E-state index contributed by atoms with van der Waals surface area (Å²) in [5, 5.41) is 13.1. The minimum Gasteiger partial charge on any atom is -0.489 e. The first kappa shape index (κ1) is 20.6. The number of rotatable bonds is 7. The fraction of sp³-hybridized carbons (Fsp3) is 0.222. The number of halogens is 3. The zero-order valence-electron chi connectivity index (χ0n) is 13.7. The van der Waals surface area contributed by atoms with Crippen molar-refractivity contribution in [3.63, 3.8) is 0 Å². The highest BCUT2D eigenvalue weighted by Crippen LogP contribution is 2.35. The second-order valence-corrected chi connectivity index (χ2v) is 6.96. The van der Waals surface area contributed by atoms with Crippen molar-refractivity contribution >= 4 is 51.0 Å². The maximum absolute atomic E-state index is 12.4. The number of aliphatic carboxylic acids is 1. The number of hydrogen-bond donors (Lipinski definition) is 2. The third-order valence-corrected chi connectivity index (χ3v) is 5.10. The van der Waals surface area contributed by atoms with Crippen molar-refractivity contribution in [2.45, 2.75) is 19.1 Å². The highest BCUT2D eigenvalue weighted by atomic mass is 79.9. The van der Waals surface area contributed by atoms with E-state index in [9.17, 15) is 14.7 Å². The molecule has 2 rings (SSSR count). The van der Waals surface area contributed by atoms with E-state index in [0.29, 0.717) is 10.9 Å². The van der Waals surface area contributed by atoms with Crippen LogP contribution < -0.4 is 10.1 Å². The number of ether oxygens (including phenoxy) is 1. The van der Waals surface area contributed by atoms with E-state index in [4.69, 9.17) is 27.9 Å². The van der Waals surface area contributed by atoms with Crippen LogP contribution >= 0.6 is 39.1 Å². The number of alkyl halides is 1. The molecule has 1 unspecified atom stereocenters. The molecule has 0 saturated carbocycles. The number of carboxylic acid groups (broad SMARTS) is 1. The fourth-order valence-electron chi connectivity index (χ4n) is 2.20. The highest BCUT2D eigenvalue weighted by Gasteiger charge is 2.27. The Morgan fingerprint density at radius 1 is 1.19 bits per heavy atom. The second kappa shape index (κ2) is 9.26. The standard InChI is InChI=1S/C18H16BrCl2NO4/c1-10(9-19)26-15-8-14(21)13(20)7-12(15)16(18(24)25)22-17(23)11-5-3-2-4-6-11/h2-8,10,16H,9H2,1H3,(H,22,23)(H,24,25)/t10-,16?/m1/s1. The van der Waals surface area contributed by atoms with Gasteiger partial charge in [0.2, 0.25) is 0 Å². The minimum absolute atomic E-state index is 0.167. The largest absolute Gasteiger partial charge is 0.489 e. The van der Waals surface area contributed by atoms with Crippen LogP contribution in [0.5, 0.6) is 5.75 Å². The van der Waals surface area contributed by atoms with Crippen LogP contribution in [0.1, 0.15) is 28.9 Å². The summed E-state index contributed by atoms with van der Waals surface area (Å²) < 4.78 is 5.74. The van der Waals surface area contributed by atoms with E-state index < -0.39 is 17.9 Å². The molecule has 0 saturated heterocycles. The van der Waals surface area contributed by atoms with Crippen LogP contribution in [0.2, 0.25) is 10.0 Å². The van der Waals surface area contributed by atoms with Crippen molar-refractivity contribution in [3.05, 3.63) is 63.6 Å². The Kier molecular flexibility index (Phi) is 7.32. The maximum Gasteiger partial charge on any atom is 0.331 e. The number of hydrogen-bond acceptors (Lipinski definition) is 3. The van der Waals surface area contributed by atoms with E-state index in [1.807, 2.05) is 0 Å². The van der Waals surface area contributed by atoms with Crippen molar-refractivity contribution in [1.29, 1.82) is 0 Å². The third-order valence-electron chi connectivity index (χ3n) is 3.47. The van der Waals surface area contributed by atoms with Crippen LogP contribution in [0.25, 0.3) is 0 Å². The van der Waals surface area contributed by atoms with E-state index in [1.54, 1.807) is 37.3 Å². The molecule has 2 aromatic carbocycles. The molecule has 0 aliphatic carbocycles. The molecule has 26 heavy (non-hydrogen) atoms. The Bertz CT molecular complexity index is 801. The van der Waals surface area contributed by atoms with Gasteiger partial charge in [0.05, 0.1) is 10.0 Å². The summed E-state index contributed by atoms with van der Waals surface area (Å²) in [6.45, 7) is 1.80. The molecule has 0 aromatic heterocycles. The molecule has 0 bridgehead atoms. The quantitative estimate of drug-likeness (QED) is 0.586. The van der Waals surface area contributed by atoms with Crippen LogP contribution in [0, 0.1) is 0 Å². The lowest BCUT2D eigenvalue weighted by Gasteiger charge is -2.21. The molecule has 5 nitrogen and oxygen atoms in total. The summed E-state index contributed by atoms with van der Waals surface area (Å²) in [5.74, 6) is -1.53. The number of carboxylic acids is 1. The van der Waals surface area contributed by atoms with Gasteiger partial charge in [0.1, 0.15) is 11.9 Å². The smallest absolute Gasteiger partial charge is 0.331 e. The number of carbonyl (C=O) groups excluding carboxylic acids is 1. The molecule has 0 radical (unpaired) electrons. The molecule has 0 spiro atoms. The molecule has 8 heteroatoms. The van der Waals surface area contributed by atoms with E-state index in [0.717, 1.165) is 0 Å². The monoisotopic (exact) mass is 459 g/mol. The summed E-state index contributed by atoms with van der Waals surface area (Å²) in [6, 6.07) is 9.81. The first-order chi connectivity index (χ1) is 12.3. The molecule has 2 N–H and O–H groups in total. The highest BCUT2D eigenvalue weighted by molar-refractivity contribution is 9.09. The van der Waals surface area contributed by atoms with Crippen molar-refractivity contribution in [2.75, 3.05) is 5.33 Å². The average Bonchev–Trinajstić information content (AvgIpc) is 2.63. The van der Waals surface area contributed by atoms with Gasteiger partial charge in [-0.1, -0.05) is 57.3 Å². The van der Waals surface area contributed by atoms with Gasteiger partial charge in [-0.3, -0.25) is 4.79 Å². The first-order valence-corrected chi connectivity index (χ1v) is 9.51. The van der Waals surface area contributed by atoms with Gasteiger partial charge in [0.15, 0.2) is 6.04 Å². The van der Waals surface area contributed by atoms with E-state index in [2.05, 4.69) is 21.2 Å². The predicted molar refractivity (Wildman–Crippen MR) is 105 cm³/mol. The van der Waals surface area contributed by atoms with Crippen LogP contribution in [0.15, 0.2) is 42.5 Å². The lowest BCUT2D eigenvalue weighted by atomic mass is 10.0. The lowest BCUT2D eigenvalue weighted by Crippen LogP contribution is -2.34. The van der Waals surface area contributed by atoms with Crippen molar-refractivity contribution in [2.24, 2.45) is 0 Å². The zero-order chi connectivity index (χ0) is 19.3. The number of amides is 1. The number of nitrogens with one attached hydrogen (secondary N) is 1. The molecule has 1 amide bonds. The topological polar surface area (TPSA) is 75.6 Å². The molecule has 0 fully saturated rings. The van der Waals surface area contributed by atoms with Gasteiger partial charge in [0.25, 0.3) is 5.91 Å². The summed E-state index contributed by atoms with van der Waals surface area (Å²) in [7, 11) is 0. The summed E-state index contributed by atoms with van der Waals surface area (Å²) in [4.78, 5) is 24.2.